The molecule has 182 valence electrons. The predicted molar refractivity (Wildman–Crippen MR) is 133 cm³/mol. The predicted octanol–water partition coefficient (Wildman–Crippen LogP) is 4.93. The van der Waals surface area contributed by atoms with E-state index < -0.39 is 22.0 Å². The lowest BCUT2D eigenvalue weighted by molar-refractivity contribution is -0.134. The molecule has 0 bridgehead atoms. The third-order valence-corrected chi connectivity index (χ3v) is 7.75. The summed E-state index contributed by atoms with van der Waals surface area (Å²) in [6, 6.07) is 9.62. The van der Waals surface area contributed by atoms with Gasteiger partial charge in [-0.05, 0) is 76.4 Å². The van der Waals surface area contributed by atoms with Gasteiger partial charge in [-0.2, -0.15) is 12.8 Å². The van der Waals surface area contributed by atoms with Crippen LogP contribution in [0.15, 0.2) is 57.0 Å². The van der Waals surface area contributed by atoms with Crippen LogP contribution in [0.3, 0.4) is 0 Å². The summed E-state index contributed by atoms with van der Waals surface area (Å²) in [5, 5.41) is 10.5. The van der Waals surface area contributed by atoms with Gasteiger partial charge in [-0.15, -0.1) is 0 Å². The topological polar surface area (TPSA) is 96.3 Å². The first-order valence-electron chi connectivity index (χ1n) is 10.9. The average molecular weight is 505 g/mol. The maximum Gasteiger partial charge on any atom is 0.352 e. The van der Waals surface area contributed by atoms with Gasteiger partial charge in [-0.25, -0.2) is 4.79 Å². The molecule has 1 unspecified atom stereocenters. The fourth-order valence-corrected chi connectivity index (χ4v) is 5.27. The lowest BCUT2D eigenvalue weighted by Crippen LogP contribution is -2.35. The number of aryl methyl sites for hydroxylation is 3. The summed E-state index contributed by atoms with van der Waals surface area (Å²) in [6.07, 6.45) is 0.535. The van der Waals surface area contributed by atoms with E-state index in [1.807, 2.05) is 32.9 Å². The van der Waals surface area contributed by atoms with Gasteiger partial charge in [-0.1, -0.05) is 29.3 Å². The molecule has 9 heteroatoms. The maximum atomic E-state index is 12.9. The molecule has 34 heavy (non-hydrogen) atoms. The zero-order valence-corrected chi connectivity index (χ0v) is 21.5. The molecular formula is C25H29ClN2O5S. The van der Waals surface area contributed by atoms with Gasteiger partial charge in [0.25, 0.3) is 10.0 Å². The molecule has 2 aromatic rings. The number of carboxylic acids is 1. The zero-order chi connectivity index (χ0) is 25.2. The second-order valence-electron chi connectivity index (χ2n) is 8.49. The van der Waals surface area contributed by atoms with Crippen LogP contribution in [0, 0.1) is 20.8 Å². The van der Waals surface area contributed by atoms with Crippen molar-refractivity contribution in [3.05, 3.63) is 69.4 Å². The lowest BCUT2D eigenvalue weighted by atomic mass is 10.1. The van der Waals surface area contributed by atoms with Gasteiger partial charge < -0.3 is 14.7 Å². The average Bonchev–Trinajstić information content (AvgIpc) is 2.99. The van der Waals surface area contributed by atoms with Crippen LogP contribution >= 0.6 is 11.6 Å². The Bertz CT molecular complexity index is 1240. The highest BCUT2D eigenvalue weighted by molar-refractivity contribution is 7.90. The summed E-state index contributed by atoms with van der Waals surface area (Å²) in [4.78, 5) is 13.7. The summed E-state index contributed by atoms with van der Waals surface area (Å²) < 4.78 is 35.6. The summed E-state index contributed by atoms with van der Waals surface area (Å²) in [7, 11) is -3.97. The van der Waals surface area contributed by atoms with Crippen LogP contribution in [0.2, 0.25) is 5.02 Å². The molecule has 1 aliphatic heterocycles. The van der Waals surface area contributed by atoms with Crippen LogP contribution in [-0.4, -0.2) is 49.3 Å². The smallest absolute Gasteiger partial charge is 0.352 e. The Hall–Kier alpha value is -2.84. The number of carbonyl (C=O) groups is 1. The van der Waals surface area contributed by atoms with E-state index in [1.165, 1.54) is 12.1 Å². The van der Waals surface area contributed by atoms with E-state index >= 15 is 0 Å². The van der Waals surface area contributed by atoms with Gasteiger partial charge in [0.2, 0.25) is 0 Å². The summed E-state index contributed by atoms with van der Waals surface area (Å²) in [5.41, 5.74) is 3.42. The van der Waals surface area contributed by atoms with Crippen molar-refractivity contribution in [2.24, 2.45) is 4.40 Å². The van der Waals surface area contributed by atoms with Crippen LogP contribution < -0.4 is 4.74 Å². The molecule has 2 aromatic carbocycles. The number of hydrogen-bond acceptors (Lipinski definition) is 5. The van der Waals surface area contributed by atoms with Crippen LogP contribution in [0.5, 0.6) is 5.75 Å². The minimum Gasteiger partial charge on any atom is -0.494 e. The first-order chi connectivity index (χ1) is 15.9. The van der Waals surface area contributed by atoms with E-state index in [1.54, 1.807) is 30.9 Å². The Balaban J connectivity index is 1.76. The standard InChI is InChI=1S/C25H29ClN2O5S/c1-15-7-9-21(10-8-15)34(31,32)27-23-18(4)24(25(29)30)28(19(23)5)11-6-12-33-20-13-16(2)22(26)17(3)14-20/h7-10,13-14,19H,6,11-12H2,1-5H3,(H,29,30). The molecule has 0 aliphatic carbocycles. The number of ether oxygens (including phenoxy) is 1. The Morgan fingerprint density at radius 3 is 2.26 bits per heavy atom. The SMILES string of the molecule is CC1=C(C(=O)O)N(CCCOc2cc(C)c(Cl)c(C)c2)C(C)C1=NS(=O)(=O)c1ccc(C)cc1. The van der Waals surface area contributed by atoms with Crippen molar-refractivity contribution in [3.8, 4) is 5.75 Å². The molecular weight excluding hydrogens is 476 g/mol. The van der Waals surface area contributed by atoms with Crippen molar-refractivity contribution in [1.29, 1.82) is 0 Å². The molecule has 0 aromatic heterocycles. The second kappa shape index (κ2) is 10.2. The number of hydrogen-bond donors (Lipinski definition) is 1. The minimum absolute atomic E-state index is 0.0588. The molecule has 3 rings (SSSR count). The van der Waals surface area contributed by atoms with Crippen molar-refractivity contribution < 1.29 is 23.1 Å². The van der Waals surface area contributed by atoms with Gasteiger partial charge in [-0.3, -0.25) is 0 Å². The Kier molecular flexibility index (Phi) is 7.73. The molecule has 7 nitrogen and oxygen atoms in total. The molecule has 0 spiro atoms. The molecule has 0 saturated carbocycles. The van der Waals surface area contributed by atoms with Crippen LogP contribution in [0.25, 0.3) is 0 Å². The van der Waals surface area contributed by atoms with E-state index in [0.717, 1.165) is 16.7 Å². The molecule has 1 atom stereocenters. The molecule has 0 fully saturated rings. The van der Waals surface area contributed by atoms with Crippen molar-refractivity contribution >= 4 is 33.3 Å². The molecule has 0 radical (unpaired) electrons. The monoisotopic (exact) mass is 504 g/mol. The highest BCUT2D eigenvalue weighted by atomic mass is 35.5. The fourth-order valence-electron chi connectivity index (χ4n) is 4.03. The van der Waals surface area contributed by atoms with Gasteiger partial charge >= 0.3 is 5.97 Å². The van der Waals surface area contributed by atoms with Crippen molar-refractivity contribution in [3.63, 3.8) is 0 Å². The van der Waals surface area contributed by atoms with Gasteiger partial charge in [0.1, 0.15) is 11.4 Å². The van der Waals surface area contributed by atoms with Crippen molar-refractivity contribution in [2.75, 3.05) is 13.2 Å². The lowest BCUT2D eigenvalue weighted by Gasteiger charge is -2.25. The Morgan fingerprint density at radius 2 is 1.71 bits per heavy atom. The third-order valence-electron chi connectivity index (χ3n) is 5.85. The number of aliphatic carboxylic acids is 1. The largest absolute Gasteiger partial charge is 0.494 e. The Morgan fingerprint density at radius 1 is 1.12 bits per heavy atom. The highest BCUT2D eigenvalue weighted by Gasteiger charge is 2.37. The first-order valence-corrected chi connectivity index (χ1v) is 12.8. The molecule has 0 amide bonds. The number of benzene rings is 2. The zero-order valence-electron chi connectivity index (χ0n) is 19.9. The maximum absolute atomic E-state index is 12.9. The van der Waals surface area contributed by atoms with E-state index in [0.29, 0.717) is 35.9 Å². The fraction of sp³-hybridized carbons (Fsp3) is 0.360. The van der Waals surface area contributed by atoms with E-state index in [4.69, 9.17) is 16.3 Å². The Labute approximate surface area is 205 Å². The van der Waals surface area contributed by atoms with E-state index in [2.05, 4.69) is 4.40 Å². The number of nitrogens with zero attached hydrogens (tertiary/aromatic N) is 2. The normalized spacial score (nSPS) is 17.5. The number of rotatable bonds is 8. The van der Waals surface area contributed by atoms with Crippen LogP contribution in [0.4, 0.5) is 0 Å². The summed E-state index contributed by atoms with van der Waals surface area (Å²) in [5.74, 6) is -0.419. The van der Waals surface area contributed by atoms with Crippen LogP contribution in [-0.2, 0) is 14.8 Å². The van der Waals surface area contributed by atoms with Gasteiger partial charge in [0.05, 0.1) is 23.3 Å². The molecule has 1 aliphatic rings. The highest BCUT2D eigenvalue weighted by Crippen LogP contribution is 2.29. The number of sulfonamides is 1. The van der Waals surface area contributed by atoms with Crippen molar-refractivity contribution in [2.45, 2.75) is 52.0 Å². The first kappa shape index (κ1) is 25.8. The number of halogens is 1. The van der Waals surface area contributed by atoms with E-state index in [9.17, 15) is 18.3 Å². The third kappa shape index (κ3) is 5.45. The molecule has 1 heterocycles. The van der Waals surface area contributed by atoms with Gasteiger partial charge in [0, 0.05) is 17.1 Å². The summed E-state index contributed by atoms with van der Waals surface area (Å²) >= 11 is 6.20. The van der Waals surface area contributed by atoms with Gasteiger partial charge in [0.15, 0.2) is 0 Å². The minimum atomic E-state index is -3.97. The van der Waals surface area contributed by atoms with E-state index in [-0.39, 0.29) is 16.3 Å². The summed E-state index contributed by atoms with van der Waals surface area (Å²) in [6.45, 7) is 9.77. The van der Waals surface area contributed by atoms with Crippen molar-refractivity contribution in [1.82, 2.24) is 4.90 Å². The molecule has 1 N–H and O–H groups in total. The second-order valence-corrected chi connectivity index (χ2v) is 10.5. The molecule has 0 saturated heterocycles. The van der Waals surface area contributed by atoms with Crippen LogP contribution in [0.1, 0.15) is 37.0 Å². The number of carboxylic acid groups (broad SMARTS) is 1. The quantitative estimate of drug-likeness (QED) is 0.512.